The van der Waals surface area contributed by atoms with Crippen molar-refractivity contribution in [3.05, 3.63) is 60.3 Å². The van der Waals surface area contributed by atoms with Gasteiger partial charge in [0.1, 0.15) is 12.2 Å². The monoisotopic (exact) mass is 498 g/mol. The second-order valence-corrected chi connectivity index (χ2v) is 10.9. The Hall–Kier alpha value is -1.99. The van der Waals surface area contributed by atoms with Crippen LogP contribution in [0.1, 0.15) is 65.2 Å². The molecule has 4 heterocycles. The Morgan fingerprint density at radius 1 is 1.14 bits per heavy atom. The highest BCUT2D eigenvalue weighted by molar-refractivity contribution is 5.82. The molecule has 4 aliphatic heterocycles. The van der Waals surface area contributed by atoms with E-state index in [0.717, 1.165) is 31.3 Å². The molecule has 0 aromatic heterocycles. The van der Waals surface area contributed by atoms with E-state index in [1.807, 2.05) is 12.2 Å². The third-order valence-electron chi connectivity index (χ3n) is 7.33. The van der Waals surface area contributed by atoms with Crippen LogP contribution in [0.2, 0.25) is 0 Å². The lowest BCUT2D eigenvalue weighted by atomic mass is 9.91. The van der Waals surface area contributed by atoms with Gasteiger partial charge in [-0.05, 0) is 51.4 Å². The van der Waals surface area contributed by atoms with Crippen molar-refractivity contribution in [2.75, 3.05) is 6.61 Å². The fraction of sp³-hybridized carbons (Fsp3) is 0.633. The van der Waals surface area contributed by atoms with Crippen molar-refractivity contribution in [1.29, 1.82) is 0 Å². The van der Waals surface area contributed by atoms with Crippen LogP contribution in [0.15, 0.2) is 60.3 Å². The van der Waals surface area contributed by atoms with Crippen molar-refractivity contribution in [2.24, 2.45) is 5.92 Å². The number of epoxide rings is 1. The van der Waals surface area contributed by atoms with E-state index in [1.165, 1.54) is 11.6 Å². The summed E-state index contributed by atoms with van der Waals surface area (Å²) >= 11 is 0. The van der Waals surface area contributed by atoms with Gasteiger partial charge in [0, 0.05) is 18.9 Å². The molecule has 4 rings (SSSR count). The molecule has 0 aromatic carbocycles. The SMILES string of the molecule is C=C1C[C@H](C)C[C@@H]2CC=C[C@@H](C/C=C\C(=O)O[C@H](C/C=C/[C@@H]3CC(C)=CCO3)C[C@H]3O[C@H]3[C@@H](O)C1)O2. The van der Waals surface area contributed by atoms with E-state index in [0.29, 0.717) is 38.2 Å². The summed E-state index contributed by atoms with van der Waals surface area (Å²) in [5, 5.41) is 10.7. The Morgan fingerprint density at radius 3 is 2.83 bits per heavy atom. The summed E-state index contributed by atoms with van der Waals surface area (Å²) in [6, 6.07) is 0. The maximum absolute atomic E-state index is 12.6. The number of ether oxygens (including phenoxy) is 4. The minimum atomic E-state index is -0.594. The molecule has 1 saturated heterocycles. The zero-order valence-electron chi connectivity index (χ0n) is 21.7. The highest BCUT2D eigenvalue weighted by Gasteiger charge is 2.45. The third kappa shape index (κ3) is 8.55. The predicted molar refractivity (Wildman–Crippen MR) is 139 cm³/mol. The lowest BCUT2D eigenvalue weighted by molar-refractivity contribution is -0.143. The average molecular weight is 499 g/mol. The number of aliphatic hydroxyl groups is 1. The van der Waals surface area contributed by atoms with Crippen molar-refractivity contribution in [3.8, 4) is 0 Å². The average Bonchev–Trinajstić information content (AvgIpc) is 3.58. The molecule has 6 nitrogen and oxygen atoms in total. The molecule has 198 valence electrons. The van der Waals surface area contributed by atoms with Crippen LogP contribution in [-0.4, -0.2) is 60.4 Å². The molecule has 4 aliphatic rings. The van der Waals surface area contributed by atoms with Gasteiger partial charge in [0.15, 0.2) is 0 Å². The minimum Gasteiger partial charge on any atom is -0.459 e. The van der Waals surface area contributed by atoms with Gasteiger partial charge in [-0.15, -0.1) is 0 Å². The van der Waals surface area contributed by atoms with Crippen molar-refractivity contribution in [3.63, 3.8) is 0 Å². The van der Waals surface area contributed by atoms with Crippen LogP contribution in [0.4, 0.5) is 0 Å². The standard InChI is InChI=1S/C30H42O6/c1-20-13-14-33-24(16-20)9-5-11-26-19-28-30(36-28)27(31)18-22(3)15-21(2)17-25-10-4-7-23(34-25)8-6-12-29(32)35-26/h4-7,9,12-13,21,23-28,30-31H,3,8,10-11,14-19H2,1-2H3/b9-5+,12-6-/t21-,23-,24+,25-,26+,27-,28+,30-/m0/s1. The van der Waals surface area contributed by atoms with Gasteiger partial charge >= 0.3 is 5.97 Å². The van der Waals surface area contributed by atoms with Crippen LogP contribution >= 0.6 is 0 Å². The number of carbonyl (C=O) groups excluding carboxylic acids is 1. The molecular formula is C30H42O6. The van der Waals surface area contributed by atoms with Gasteiger partial charge in [-0.1, -0.05) is 61.1 Å². The van der Waals surface area contributed by atoms with Crippen LogP contribution in [0, 0.1) is 5.92 Å². The quantitative estimate of drug-likeness (QED) is 0.330. The smallest absolute Gasteiger partial charge is 0.330 e. The maximum atomic E-state index is 12.6. The highest BCUT2D eigenvalue weighted by Crippen LogP contribution is 2.34. The summed E-state index contributed by atoms with van der Waals surface area (Å²) in [7, 11) is 0. The van der Waals surface area contributed by atoms with Gasteiger partial charge in [-0.25, -0.2) is 4.79 Å². The summed E-state index contributed by atoms with van der Waals surface area (Å²) in [6.07, 6.45) is 18.6. The molecule has 0 aromatic rings. The van der Waals surface area contributed by atoms with Crippen LogP contribution in [0.5, 0.6) is 0 Å². The fourth-order valence-electron chi connectivity index (χ4n) is 5.45. The fourth-order valence-corrected chi connectivity index (χ4v) is 5.45. The number of hydrogen-bond acceptors (Lipinski definition) is 6. The number of esters is 1. The normalized spacial score (nSPS) is 39.5. The van der Waals surface area contributed by atoms with E-state index in [9.17, 15) is 9.90 Å². The summed E-state index contributed by atoms with van der Waals surface area (Å²) < 4.78 is 23.6. The summed E-state index contributed by atoms with van der Waals surface area (Å²) in [5.41, 5.74) is 2.37. The molecule has 1 N–H and O–H groups in total. The molecule has 1 fully saturated rings. The molecule has 0 radical (unpaired) electrons. The number of carbonyl (C=O) groups is 1. The van der Waals surface area contributed by atoms with Gasteiger partial charge in [0.05, 0.1) is 37.1 Å². The Labute approximate surface area is 215 Å². The first-order chi connectivity index (χ1) is 17.4. The maximum Gasteiger partial charge on any atom is 0.330 e. The predicted octanol–water partition coefficient (Wildman–Crippen LogP) is 5.13. The third-order valence-corrected chi connectivity index (χ3v) is 7.33. The molecule has 8 atom stereocenters. The summed E-state index contributed by atoms with van der Waals surface area (Å²) in [5.74, 6) is 0.0593. The number of hydrogen-bond donors (Lipinski definition) is 1. The highest BCUT2D eigenvalue weighted by atomic mass is 16.6. The zero-order valence-corrected chi connectivity index (χ0v) is 21.7. The molecular weight excluding hydrogens is 456 g/mol. The number of aliphatic hydroxyl groups excluding tert-OH is 1. The van der Waals surface area contributed by atoms with E-state index in [4.69, 9.17) is 18.9 Å². The zero-order chi connectivity index (χ0) is 25.5. The molecule has 0 unspecified atom stereocenters. The first-order valence-corrected chi connectivity index (χ1v) is 13.5. The van der Waals surface area contributed by atoms with E-state index in [-0.39, 0.29) is 42.6 Å². The Morgan fingerprint density at radius 2 is 2.00 bits per heavy atom. The first-order valence-electron chi connectivity index (χ1n) is 13.5. The van der Waals surface area contributed by atoms with Gasteiger partial charge in [-0.3, -0.25) is 0 Å². The van der Waals surface area contributed by atoms with Crippen LogP contribution in [0.3, 0.4) is 0 Å². The molecule has 0 amide bonds. The van der Waals surface area contributed by atoms with Gasteiger partial charge < -0.3 is 24.1 Å². The van der Waals surface area contributed by atoms with E-state index >= 15 is 0 Å². The number of rotatable bonds is 3. The van der Waals surface area contributed by atoms with Crippen LogP contribution in [-0.2, 0) is 23.7 Å². The van der Waals surface area contributed by atoms with Crippen molar-refractivity contribution in [2.45, 2.75) is 108 Å². The second kappa shape index (κ2) is 13.0. The molecule has 0 aliphatic carbocycles. The lowest BCUT2D eigenvalue weighted by Crippen LogP contribution is -2.26. The molecule has 0 spiro atoms. The molecule has 6 heteroatoms. The number of fused-ring (bicyclic) bond motifs is 3. The van der Waals surface area contributed by atoms with E-state index in [1.54, 1.807) is 0 Å². The van der Waals surface area contributed by atoms with Crippen LogP contribution in [0.25, 0.3) is 0 Å². The van der Waals surface area contributed by atoms with Crippen molar-refractivity contribution in [1.82, 2.24) is 0 Å². The lowest BCUT2D eigenvalue weighted by Gasteiger charge is -2.28. The van der Waals surface area contributed by atoms with Gasteiger partial charge in [-0.2, -0.15) is 0 Å². The Bertz CT molecular complexity index is 886. The van der Waals surface area contributed by atoms with Crippen molar-refractivity contribution >= 4 is 5.97 Å². The number of cyclic esters (lactones) is 1. The Balaban J connectivity index is 1.40. The first kappa shape index (κ1) is 27.1. The molecule has 36 heavy (non-hydrogen) atoms. The van der Waals surface area contributed by atoms with Crippen molar-refractivity contribution < 1.29 is 28.8 Å². The van der Waals surface area contributed by atoms with E-state index in [2.05, 4.69) is 44.7 Å². The molecule has 2 bridgehead atoms. The second-order valence-electron chi connectivity index (χ2n) is 10.9. The van der Waals surface area contributed by atoms with E-state index < -0.39 is 6.10 Å². The van der Waals surface area contributed by atoms with Gasteiger partial charge in [0.2, 0.25) is 0 Å². The molecule has 0 saturated carbocycles. The van der Waals surface area contributed by atoms with Crippen LogP contribution < -0.4 is 0 Å². The summed E-state index contributed by atoms with van der Waals surface area (Å²) in [6.45, 7) is 9.18. The van der Waals surface area contributed by atoms with Gasteiger partial charge in [0.25, 0.3) is 0 Å². The Kier molecular flexibility index (Phi) is 9.77. The topological polar surface area (TPSA) is 77.5 Å². The largest absolute Gasteiger partial charge is 0.459 e. The summed E-state index contributed by atoms with van der Waals surface area (Å²) in [4.78, 5) is 12.6. The minimum absolute atomic E-state index is 0.0312.